The molecular formula is C15H18N2O2S2. The monoisotopic (exact) mass is 322 g/mol. The molecule has 6 heteroatoms. The van der Waals surface area contributed by atoms with Crippen LogP contribution in [0.15, 0.2) is 35.2 Å². The van der Waals surface area contributed by atoms with Gasteiger partial charge in [0.2, 0.25) is 5.91 Å². The van der Waals surface area contributed by atoms with Crippen molar-refractivity contribution in [2.45, 2.75) is 18.8 Å². The number of hydrogen-bond donors (Lipinski definition) is 2. The predicted molar refractivity (Wildman–Crippen MR) is 87.4 cm³/mol. The van der Waals surface area contributed by atoms with Crippen molar-refractivity contribution in [2.75, 3.05) is 12.3 Å². The summed E-state index contributed by atoms with van der Waals surface area (Å²) < 4.78 is 0. The third-order valence-electron chi connectivity index (χ3n) is 2.91. The first kappa shape index (κ1) is 16.0. The molecule has 2 rings (SSSR count). The summed E-state index contributed by atoms with van der Waals surface area (Å²) in [6.07, 6.45) is 0.800. The van der Waals surface area contributed by atoms with Crippen molar-refractivity contribution < 1.29 is 9.90 Å². The smallest absolute Gasteiger partial charge is 0.230 e. The van der Waals surface area contributed by atoms with E-state index < -0.39 is 0 Å². The zero-order valence-corrected chi connectivity index (χ0v) is 13.3. The lowest BCUT2D eigenvalue weighted by Crippen LogP contribution is -2.27. The number of nitrogens with zero attached hydrogens (tertiary/aromatic N) is 1. The Hall–Kier alpha value is -1.37. The van der Waals surface area contributed by atoms with Crippen LogP contribution in [0.25, 0.3) is 0 Å². The van der Waals surface area contributed by atoms with Crippen LogP contribution in [0.1, 0.15) is 16.8 Å². The zero-order chi connectivity index (χ0) is 14.9. The molecule has 0 aliphatic heterocycles. The van der Waals surface area contributed by atoms with Crippen LogP contribution in [-0.4, -0.2) is 28.3 Å². The Labute approximate surface area is 132 Å². The summed E-state index contributed by atoms with van der Waals surface area (Å²) in [6, 6.07) is 7.77. The van der Waals surface area contributed by atoms with Crippen molar-refractivity contribution in [3.05, 3.63) is 52.0 Å². The minimum atomic E-state index is 0.0576. The maximum Gasteiger partial charge on any atom is 0.230 e. The average Bonchev–Trinajstić information content (AvgIpc) is 3.01. The number of aliphatic hydroxyl groups is 1. The molecule has 0 saturated heterocycles. The molecule has 4 nitrogen and oxygen atoms in total. The van der Waals surface area contributed by atoms with Crippen molar-refractivity contribution in [3.63, 3.8) is 0 Å². The molecule has 112 valence electrons. The normalized spacial score (nSPS) is 10.5. The molecule has 2 aromatic rings. The maximum atomic E-state index is 11.7. The Morgan fingerprint density at radius 3 is 2.71 bits per heavy atom. The molecule has 0 fully saturated rings. The van der Waals surface area contributed by atoms with Gasteiger partial charge in [0, 0.05) is 17.7 Å². The SMILES string of the molecule is O=C(CSCc1cscn1)NCCc1ccc(CO)cc1. The molecule has 1 aromatic heterocycles. The van der Waals surface area contributed by atoms with E-state index in [1.807, 2.05) is 29.6 Å². The first-order chi connectivity index (χ1) is 10.3. The van der Waals surface area contributed by atoms with Crippen LogP contribution in [0.2, 0.25) is 0 Å². The standard InChI is InChI=1S/C15H18N2O2S2/c18-7-13-3-1-12(2-4-13)5-6-16-15(19)10-20-8-14-9-21-11-17-14/h1-4,9,11,18H,5-8,10H2,(H,16,19). The molecule has 21 heavy (non-hydrogen) atoms. The van der Waals surface area contributed by atoms with Gasteiger partial charge in [0.15, 0.2) is 0 Å². The van der Waals surface area contributed by atoms with Gasteiger partial charge >= 0.3 is 0 Å². The third kappa shape index (κ3) is 5.87. The molecule has 0 saturated carbocycles. The molecule has 0 aliphatic carbocycles. The van der Waals surface area contributed by atoms with Crippen molar-refractivity contribution in [2.24, 2.45) is 0 Å². The van der Waals surface area contributed by atoms with Crippen LogP contribution in [0, 0.1) is 0 Å². The molecule has 0 atom stereocenters. The topological polar surface area (TPSA) is 62.2 Å². The van der Waals surface area contributed by atoms with E-state index in [9.17, 15) is 4.79 Å². The van der Waals surface area contributed by atoms with Gasteiger partial charge in [0.05, 0.1) is 23.6 Å². The lowest BCUT2D eigenvalue weighted by molar-refractivity contribution is -0.118. The third-order valence-corrected chi connectivity index (χ3v) is 4.51. The second-order valence-corrected chi connectivity index (χ2v) is 6.25. The molecule has 1 heterocycles. The first-order valence-corrected chi connectivity index (χ1v) is 8.78. The van der Waals surface area contributed by atoms with Gasteiger partial charge in [0.25, 0.3) is 0 Å². The number of benzene rings is 1. The highest BCUT2D eigenvalue weighted by atomic mass is 32.2. The zero-order valence-electron chi connectivity index (χ0n) is 11.6. The summed E-state index contributed by atoms with van der Waals surface area (Å²) in [5, 5.41) is 13.9. The summed E-state index contributed by atoms with van der Waals surface area (Å²) in [5.41, 5.74) is 4.89. The quantitative estimate of drug-likeness (QED) is 0.782. The lowest BCUT2D eigenvalue weighted by atomic mass is 10.1. The number of aliphatic hydroxyl groups excluding tert-OH is 1. The number of aromatic nitrogens is 1. The largest absolute Gasteiger partial charge is 0.392 e. The van der Waals surface area contributed by atoms with Gasteiger partial charge in [-0.15, -0.1) is 23.1 Å². The average molecular weight is 322 g/mol. The van der Waals surface area contributed by atoms with Gasteiger partial charge in [-0.25, -0.2) is 4.98 Å². The van der Waals surface area contributed by atoms with E-state index >= 15 is 0 Å². The fourth-order valence-electron chi connectivity index (χ4n) is 1.77. The Balaban J connectivity index is 1.60. The van der Waals surface area contributed by atoms with Crippen LogP contribution < -0.4 is 5.32 Å². The Morgan fingerprint density at radius 2 is 2.05 bits per heavy atom. The van der Waals surface area contributed by atoms with Gasteiger partial charge in [-0.1, -0.05) is 24.3 Å². The van der Waals surface area contributed by atoms with Crippen molar-refractivity contribution in [3.8, 4) is 0 Å². The van der Waals surface area contributed by atoms with Crippen LogP contribution in [0.3, 0.4) is 0 Å². The van der Waals surface area contributed by atoms with E-state index in [0.29, 0.717) is 12.3 Å². The van der Waals surface area contributed by atoms with E-state index in [2.05, 4.69) is 10.3 Å². The van der Waals surface area contributed by atoms with Crippen LogP contribution in [-0.2, 0) is 23.6 Å². The number of amides is 1. The molecule has 0 radical (unpaired) electrons. The number of nitrogens with one attached hydrogen (secondary N) is 1. The minimum Gasteiger partial charge on any atom is -0.392 e. The number of hydrogen-bond acceptors (Lipinski definition) is 5. The molecule has 0 bridgehead atoms. The second kappa shape index (κ2) is 8.81. The van der Waals surface area contributed by atoms with Gasteiger partial charge in [-0.2, -0.15) is 0 Å². The van der Waals surface area contributed by atoms with E-state index in [-0.39, 0.29) is 12.5 Å². The summed E-state index contributed by atoms with van der Waals surface area (Å²) in [6.45, 7) is 0.696. The highest BCUT2D eigenvalue weighted by Crippen LogP contribution is 2.11. The van der Waals surface area contributed by atoms with Crippen LogP contribution in [0.5, 0.6) is 0 Å². The summed E-state index contributed by atoms with van der Waals surface area (Å²) >= 11 is 3.15. The molecule has 2 N–H and O–H groups in total. The van der Waals surface area contributed by atoms with E-state index in [0.717, 1.165) is 29.0 Å². The lowest BCUT2D eigenvalue weighted by Gasteiger charge is -2.05. The number of thiazole rings is 1. The molecular weight excluding hydrogens is 304 g/mol. The fourth-order valence-corrected chi connectivity index (χ4v) is 3.19. The second-order valence-electron chi connectivity index (χ2n) is 4.55. The summed E-state index contributed by atoms with van der Waals surface area (Å²) in [5.74, 6) is 1.29. The van der Waals surface area contributed by atoms with Crippen molar-refractivity contribution in [1.29, 1.82) is 0 Å². The van der Waals surface area contributed by atoms with E-state index in [1.165, 1.54) is 0 Å². The molecule has 1 amide bonds. The number of thioether (sulfide) groups is 1. The van der Waals surface area contributed by atoms with Crippen molar-refractivity contribution in [1.82, 2.24) is 10.3 Å². The Kier molecular flexibility index (Phi) is 6.72. The molecule has 0 unspecified atom stereocenters. The van der Waals surface area contributed by atoms with Crippen LogP contribution in [0.4, 0.5) is 0 Å². The first-order valence-electron chi connectivity index (χ1n) is 6.68. The van der Waals surface area contributed by atoms with Crippen LogP contribution >= 0.6 is 23.1 Å². The minimum absolute atomic E-state index is 0.0576. The van der Waals surface area contributed by atoms with Gasteiger partial charge in [-0.05, 0) is 17.5 Å². The summed E-state index contributed by atoms with van der Waals surface area (Å²) in [4.78, 5) is 15.9. The highest BCUT2D eigenvalue weighted by Gasteiger charge is 2.03. The van der Waals surface area contributed by atoms with E-state index in [1.54, 1.807) is 28.6 Å². The van der Waals surface area contributed by atoms with Gasteiger partial charge in [0.1, 0.15) is 0 Å². The van der Waals surface area contributed by atoms with Crippen molar-refractivity contribution >= 4 is 29.0 Å². The Morgan fingerprint density at radius 1 is 1.29 bits per heavy atom. The van der Waals surface area contributed by atoms with E-state index in [4.69, 9.17) is 5.11 Å². The fraction of sp³-hybridized carbons (Fsp3) is 0.333. The number of carbonyl (C=O) groups excluding carboxylic acids is 1. The predicted octanol–water partition coefficient (Wildman–Crippen LogP) is 2.23. The number of carbonyl (C=O) groups is 1. The van der Waals surface area contributed by atoms with Gasteiger partial charge in [-0.3, -0.25) is 4.79 Å². The molecule has 1 aromatic carbocycles. The Bertz CT molecular complexity index is 541. The van der Waals surface area contributed by atoms with Gasteiger partial charge < -0.3 is 10.4 Å². The maximum absolute atomic E-state index is 11.7. The highest BCUT2D eigenvalue weighted by molar-refractivity contribution is 7.99. The molecule has 0 spiro atoms. The summed E-state index contributed by atoms with van der Waals surface area (Å²) in [7, 11) is 0. The molecule has 0 aliphatic rings. The number of rotatable bonds is 8.